The van der Waals surface area contributed by atoms with Crippen LogP contribution in [0.3, 0.4) is 0 Å². The highest BCUT2D eigenvalue weighted by Crippen LogP contribution is 2.26. The minimum Gasteiger partial charge on any atom is -0.298 e. The molecule has 0 aliphatic heterocycles. The van der Waals surface area contributed by atoms with Gasteiger partial charge in [-0.2, -0.15) is 0 Å². The number of rotatable bonds is 2. The molecule has 0 saturated carbocycles. The van der Waals surface area contributed by atoms with E-state index in [9.17, 15) is 4.79 Å². The van der Waals surface area contributed by atoms with Crippen LogP contribution in [0.1, 0.15) is 16.2 Å². The third-order valence-electron chi connectivity index (χ3n) is 1.98. The van der Waals surface area contributed by atoms with Crippen LogP contribution in [0.2, 0.25) is 5.02 Å². The van der Waals surface area contributed by atoms with Gasteiger partial charge in [0.15, 0.2) is 12.1 Å². The molecule has 6 heteroatoms. The molecule has 0 fully saturated rings. The van der Waals surface area contributed by atoms with Crippen molar-refractivity contribution in [2.45, 2.75) is 6.92 Å². The van der Waals surface area contributed by atoms with Gasteiger partial charge in [-0.25, -0.2) is 0 Å². The van der Waals surface area contributed by atoms with E-state index in [1.54, 1.807) is 25.1 Å². The molecule has 0 aliphatic rings. The highest BCUT2D eigenvalue weighted by Gasteiger charge is 2.10. The summed E-state index contributed by atoms with van der Waals surface area (Å²) >= 11 is 6.02. The van der Waals surface area contributed by atoms with Gasteiger partial charge in [-0.1, -0.05) is 23.7 Å². The molecule has 0 aliphatic carbocycles. The van der Waals surface area contributed by atoms with Gasteiger partial charge in [-0.3, -0.25) is 4.79 Å². The molecule has 0 amide bonds. The minimum absolute atomic E-state index is 0.305. The molecule has 2 aromatic rings. The Morgan fingerprint density at radius 3 is 2.50 bits per heavy atom. The molecule has 0 radical (unpaired) electrons. The average molecular weight is 235 g/mol. The van der Waals surface area contributed by atoms with Crippen LogP contribution < -0.4 is 0 Å². The zero-order valence-electron chi connectivity index (χ0n) is 8.38. The molecule has 80 valence electrons. The quantitative estimate of drug-likeness (QED) is 0.740. The van der Waals surface area contributed by atoms with Crippen molar-refractivity contribution in [2.24, 2.45) is 0 Å². The van der Waals surface area contributed by atoms with E-state index in [0.717, 1.165) is 0 Å². The maximum Gasteiger partial charge on any atom is 0.205 e. The second-order valence-corrected chi connectivity index (χ2v) is 3.48. The van der Waals surface area contributed by atoms with Crippen LogP contribution >= 0.6 is 11.6 Å². The van der Waals surface area contributed by atoms with Crippen molar-refractivity contribution >= 4 is 17.9 Å². The molecule has 5 nitrogen and oxygen atoms in total. The van der Waals surface area contributed by atoms with Crippen molar-refractivity contribution in [3.05, 3.63) is 34.6 Å². The first-order chi connectivity index (χ1) is 7.72. The normalized spacial score (nSPS) is 10.1. The molecule has 0 unspecified atom stereocenters. The third kappa shape index (κ3) is 1.90. The number of hydrogen-bond acceptors (Lipinski definition) is 5. The van der Waals surface area contributed by atoms with E-state index in [4.69, 9.17) is 11.6 Å². The molecular formula is C10H7ClN4O. The Bertz CT molecular complexity index is 527. The van der Waals surface area contributed by atoms with Crippen LogP contribution in [0.15, 0.2) is 18.2 Å². The summed E-state index contributed by atoms with van der Waals surface area (Å²) in [5, 5.41) is 15.6. The SMILES string of the molecule is Cc1nnc(-c2cccc(C=O)c2Cl)nn1. The minimum atomic E-state index is 0.305. The maximum atomic E-state index is 10.7. The monoisotopic (exact) mass is 234 g/mol. The van der Waals surface area contributed by atoms with E-state index < -0.39 is 0 Å². The van der Waals surface area contributed by atoms with Crippen molar-refractivity contribution in [3.8, 4) is 11.4 Å². The van der Waals surface area contributed by atoms with E-state index in [1.165, 1.54) is 0 Å². The average Bonchev–Trinajstić information content (AvgIpc) is 2.31. The van der Waals surface area contributed by atoms with Gasteiger partial charge in [-0.05, 0) is 13.0 Å². The van der Waals surface area contributed by atoms with Crippen molar-refractivity contribution < 1.29 is 4.79 Å². The van der Waals surface area contributed by atoms with Crippen LogP contribution in [-0.4, -0.2) is 26.7 Å². The number of carbonyl (C=O) groups excluding carboxylic acids is 1. The summed E-state index contributed by atoms with van der Waals surface area (Å²) in [4.78, 5) is 10.7. The lowest BCUT2D eigenvalue weighted by Gasteiger charge is -2.02. The molecule has 0 atom stereocenters. The summed E-state index contributed by atoms with van der Waals surface area (Å²) < 4.78 is 0. The number of aldehydes is 1. The molecule has 16 heavy (non-hydrogen) atoms. The first-order valence-electron chi connectivity index (χ1n) is 4.50. The Balaban J connectivity index is 2.56. The lowest BCUT2D eigenvalue weighted by molar-refractivity contribution is 0.112. The van der Waals surface area contributed by atoms with Gasteiger partial charge in [0.05, 0.1) is 5.02 Å². The van der Waals surface area contributed by atoms with Crippen molar-refractivity contribution in [1.82, 2.24) is 20.4 Å². The smallest absolute Gasteiger partial charge is 0.205 e. The van der Waals surface area contributed by atoms with E-state index >= 15 is 0 Å². The number of benzene rings is 1. The second-order valence-electron chi connectivity index (χ2n) is 3.10. The molecule has 0 N–H and O–H groups in total. The zero-order valence-corrected chi connectivity index (χ0v) is 9.14. The van der Waals surface area contributed by atoms with Crippen LogP contribution in [0, 0.1) is 6.92 Å². The summed E-state index contributed by atoms with van der Waals surface area (Å²) in [6.07, 6.45) is 0.681. The Hall–Kier alpha value is -1.88. The largest absolute Gasteiger partial charge is 0.298 e. The fourth-order valence-corrected chi connectivity index (χ4v) is 1.46. The number of aryl methyl sites for hydroxylation is 1. The zero-order chi connectivity index (χ0) is 11.5. The van der Waals surface area contributed by atoms with E-state index in [-0.39, 0.29) is 0 Å². The number of aromatic nitrogens is 4. The number of halogens is 1. The number of hydrogen-bond donors (Lipinski definition) is 0. The molecule has 1 heterocycles. The summed E-state index contributed by atoms with van der Waals surface area (Å²) in [6, 6.07) is 5.03. The predicted octanol–water partition coefficient (Wildman–Crippen LogP) is 1.71. The van der Waals surface area contributed by atoms with Gasteiger partial charge in [0, 0.05) is 11.1 Å². The van der Waals surface area contributed by atoms with Gasteiger partial charge in [0.25, 0.3) is 0 Å². The summed E-state index contributed by atoms with van der Waals surface area (Å²) in [7, 11) is 0. The van der Waals surface area contributed by atoms with Crippen LogP contribution in [0.25, 0.3) is 11.4 Å². The molecular weight excluding hydrogens is 228 g/mol. The van der Waals surface area contributed by atoms with Gasteiger partial charge in [-0.15, -0.1) is 20.4 Å². The van der Waals surface area contributed by atoms with Gasteiger partial charge in [0.2, 0.25) is 5.82 Å². The van der Waals surface area contributed by atoms with Crippen LogP contribution in [0.4, 0.5) is 0 Å². The molecule has 1 aromatic carbocycles. The van der Waals surface area contributed by atoms with Crippen LogP contribution in [0.5, 0.6) is 0 Å². The predicted molar refractivity (Wildman–Crippen MR) is 58.2 cm³/mol. The van der Waals surface area contributed by atoms with Gasteiger partial charge in [0.1, 0.15) is 0 Å². The lowest BCUT2D eigenvalue weighted by atomic mass is 10.1. The highest BCUT2D eigenvalue weighted by atomic mass is 35.5. The summed E-state index contributed by atoms with van der Waals surface area (Å²) in [5.74, 6) is 0.783. The fraction of sp³-hybridized carbons (Fsp3) is 0.100. The maximum absolute atomic E-state index is 10.7. The second kappa shape index (κ2) is 4.32. The molecule has 0 bridgehead atoms. The van der Waals surface area contributed by atoms with Gasteiger partial charge >= 0.3 is 0 Å². The number of carbonyl (C=O) groups is 1. The standard InChI is InChI=1S/C10H7ClN4O/c1-6-12-14-10(15-13-6)8-4-2-3-7(5-16)9(8)11/h2-5H,1H3. The van der Waals surface area contributed by atoms with E-state index in [0.29, 0.717) is 34.1 Å². The third-order valence-corrected chi connectivity index (χ3v) is 2.40. The Kier molecular flexibility index (Phi) is 2.87. The number of nitrogens with zero attached hydrogens (tertiary/aromatic N) is 4. The molecule has 0 spiro atoms. The topological polar surface area (TPSA) is 68.6 Å². The van der Waals surface area contributed by atoms with Crippen molar-refractivity contribution in [2.75, 3.05) is 0 Å². The summed E-state index contributed by atoms with van der Waals surface area (Å²) in [6.45, 7) is 1.69. The molecule has 0 saturated heterocycles. The molecule has 2 rings (SSSR count). The fourth-order valence-electron chi connectivity index (χ4n) is 1.20. The lowest BCUT2D eigenvalue weighted by Crippen LogP contribution is -1.99. The molecule has 1 aromatic heterocycles. The Morgan fingerprint density at radius 2 is 1.88 bits per heavy atom. The first-order valence-corrected chi connectivity index (χ1v) is 4.88. The highest BCUT2D eigenvalue weighted by molar-refractivity contribution is 6.35. The van der Waals surface area contributed by atoms with Crippen molar-refractivity contribution in [1.29, 1.82) is 0 Å². The van der Waals surface area contributed by atoms with Gasteiger partial charge < -0.3 is 0 Å². The van der Waals surface area contributed by atoms with Crippen LogP contribution in [-0.2, 0) is 0 Å². The van der Waals surface area contributed by atoms with Crippen molar-refractivity contribution in [3.63, 3.8) is 0 Å². The summed E-state index contributed by atoms with van der Waals surface area (Å²) in [5.41, 5.74) is 0.939. The Morgan fingerprint density at radius 1 is 1.19 bits per heavy atom. The first kappa shape index (κ1) is 10.6. The Labute approximate surface area is 96.5 Å². The van der Waals surface area contributed by atoms with E-state index in [2.05, 4.69) is 20.4 Å². The van der Waals surface area contributed by atoms with E-state index in [1.807, 2.05) is 0 Å².